The third-order valence-electron chi connectivity index (χ3n) is 4.67. The van der Waals surface area contributed by atoms with Crippen molar-refractivity contribution in [2.45, 2.75) is 38.6 Å². The third kappa shape index (κ3) is 5.71. The average Bonchev–Trinajstić information content (AvgIpc) is 2.61. The van der Waals surface area contributed by atoms with Gasteiger partial charge in [-0.1, -0.05) is 24.6 Å². The van der Waals surface area contributed by atoms with Crippen molar-refractivity contribution < 1.29 is 9.53 Å². The van der Waals surface area contributed by atoms with E-state index in [-0.39, 0.29) is 11.6 Å². The Morgan fingerprint density at radius 2 is 1.88 bits per heavy atom. The molecule has 0 atom stereocenters. The van der Waals surface area contributed by atoms with Crippen molar-refractivity contribution >= 4 is 6.03 Å². The van der Waals surface area contributed by atoms with Crippen LogP contribution in [0, 0.1) is 0 Å². The van der Waals surface area contributed by atoms with Crippen molar-refractivity contribution in [3.63, 3.8) is 0 Å². The second kappa shape index (κ2) is 8.92. The minimum Gasteiger partial charge on any atom is -0.492 e. The average molecular weight is 333 g/mol. The number of carbonyl (C=O) groups excluding carboxylic acids is 1. The number of rotatable bonds is 7. The molecule has 1 N–H and O–H groups in total. The molecule has 0 aliphatic carbocycles. The predicted octanol–water partition coefficient (Wildman–Crippen LogP) is 2.97. The highest BCUT2D eigenvalue weighted by Gasteiger charge is 2.28. The van der Waals surface area contributed by atoms with Gasteiger partial charge in [-0.05, 0) is 51.9 Å². The SMILES string of the molecule is CN(CCOc1ccccc1)C(=O)NCC(C)(C)N1CCCCC1. The van der Waals surface area contributed by atoms with E-state index in [4.69, 9.17) is 4.74 Å². The lowest BCUT2D eigenvalue weighted by Crippen LogP contribution is -2.54. The van der Waals surface area contributed by atoms with Gasteiger partial charge in [0.25, 0.3) is 0 Å². The van der Waals surface area contributed by atoms with E-state index in [2.05, 4.69) is 24.1 Å². The highest BCUT2D eigenvalue weighted by atomic mass is 16.5. The highest BCUT2D eigenvalue weighted by Crippen LogP contribution is 2.19. The van der Waals surface area contributed by atoms with E-state index in [9.17, 15) is 4.79 Å². The molecule has 1 fully saturated rings. The number of hydrogen-bond donors (Lipinski definition) is 1. The Labute approximate surface area is 146 Å². The summed E-state index contributed by atoms with van der Waals surface area (Å²) < 4.78 is 5.64. The molecule has 1 heterocycles. The summed E-state index contributed by atoms with van der Waals surface area (Å²) in [4.78, 5) is 16.4. The molecule has 1 aromatic rings. The van der Waals surface area contributed by atoms with Crippen LogP contribution in [0.5, 0.6) is 5.75 Å². The number of urea groups is 1. The van der Waals surface area contributed by atoms with Gasteiger partial charge < -0.3 is 15.0 Å². The Bertz CT molecular complexity index is 499. The van der Waals surface area contributed by atoms with Gasteiger partial charge in [0.2, 0.25) is 0 Å². The van der Waals surface area contributed by atoms with E-state index in [1.807, 2.05) is 30.3 Å². The number of likely N-dealkylation sites (tertiary alicyclic amines) is 1. The molecule has 5 heteroatoms. The van der Waals surface area contributed by atoms with Crippen LogP contribution >= 0.6 is 0 Å². The molecular formula is C19H31N3O2. The minimum absolute atomic E-state index is 0.00252. The van der Waals surface area contributed by atoms with Gasteiger partial charge in [-0.15, -0.1) is 0 Å². The maximum Gasteiger partial charge on any atom is 0.317 e. The smallest absolute Gasteiger partial charge is 0.317 e. The van der Waals surface area contributed by atoms with Crippen LogP contribution < -0.4 is 10.1 Å². The van der Waals surface area contributed by atoms with Gasteiger partial charge >= 0.3 is 6.03 Å². The Morgan fingerprint density at radius 3 is 2.54 bits per heavy atom. The number of ether oxygens (including phenoxy) is 1. The number of para-hydroxylation sites is 1. The molecule has 2 rings (SSSR count). The lowest BCUT2D eigenvalue weighted by molar-refractivity contribution is 0.0941. The van der Waals surface area contributed by atoms with E-state index in [0.717, 1.165) is 18.8 Å². The first-order valence-electron chi connectivity index (χ1n) is 8.91. The molecule has 5 nitrogen and oxygen atoms in total. The highest BCUT2D eigenvalue weighted by molar-refractivity contribution is 5.73. The summed E-state index contributed by atoms with van der Waals surface area (Å²) in [5, 5.41) is 3.06. The van der Waals surface area contributed by atoms with E-state index < -0.39 is 0 Å². The molecule has 1 aliphatic heterocycles. The molecule has 1 aliphatic rings. The summed E-state index contributed by atoms with van der Waals surface area (Å²) in [6.07, 6.45) is 3.84. The number of nitrogens with one attached hydrogen (secondary N) is 1. The summed E-state index contributed by atoms with van der Waals surface area (Å²) >= 11 is 0. The number of piperidine rings is 1. The first kappa shape index (κ1) is 18.6. The minimum atomic E-state index is -0.0447. The monoisotopic (exact) mass is 333 g/mol. The van der Waals surface area contributed by atoms with E-state index in [1.54, 1.807) is 11.9 Å². The van der Waals surface area contributed by atoms with E-state index in [0.29, 0.717) is 19.7 Å². The van der Waals surface area contributed by atoms with E-state index in [1.165, 1.54) is 19.3 Å². The number of nitrogens with zero attached hydrogens (tertiary/aromatic N) is 2. The quantitative estimate of drug-likeness (QED) is 0.834. The van der Waals surface area contributed by atoms with Gasteiger partial charge in [-0.3, -0.25) is 4.90 Å². The van der Waals surface area contributed by atoms with Crippen molar-refractivity contribution in [1.29, 1.82) is 0 Å². The zero-order valence-electron chi connectivity index (χ0n) is 15.3. The summed E-state index contributed by atoms with van der Waals surface area (Å²) in [6, 6.07) is 9.62. The molecule has 0 aromatic heterocycles. The van der Waals surface area contributed by atoms with Crippen molar-refractivity contribution in [2.75, 3.05) is 39.8 Å². The Balaban J connectivity index is 1.69. The molecule has 2 amide bonds. The first-order chi connectivity index (χ1) is 11.5. The van der Waals surface area contributed by atoms with Crippen LogP contribution in [-0.2, 0) is 0 Å². The molecule has 0 saturated carbocycles. The molecule has 1 saturated heterocycles. The summed E-state index contributed by atoms with van der Waals surface area (Å²) in [6.45, 7) is 8.38. The fourth-order valence-electron chi connectivity index (χ4n) is 2.96. The normalized spacial score (nSPS) is 15.8. The molecule has 134 valence electrons. The van der Waals surface area contributed by atoms with Crippen LogP contribution in [0.1, 0.15) is 33.1 Å². The number of amides is 2. The lowest BCUT2D eigenvalue weighted by atomic mass is 9.98. The van der Waals surface area contributed by atoms with Gasteiger partial charge in [0.1, 0.15) is 12.4 Å². The van der Waals surface area contributed by atoms with Crippen LogP contribution in [0.2, 0.25) is 0 Å². The topological polar surface area (TPSA) is 44.8 Å². The van der Waals surface area contributed by atoms with Gasteiger partial charge in [0, 0.05) is 19.1 Å². The van der Waals surface area contributed by atoms with Gasteiger partial charge in [-0.2, -0.15) is 0 Å². The van der Waals surface area contributed by atoms with Crippen LogP contribution in [-0.4, -0.2) is 61.2 Å². The summed E-state index contributed by atoms with van der Waals surface area (Å²) in [7, 11) is 1.80. The van der Waals surface area contributed by atoms with Crippen molar-refractivity contribution in [2.24, 2.45) is 0 Å². The molecule has 1 aromatic carbocycles. The zero-order chi connectivity index (χ0) is 17.4. The zero-order valence-corrected chi connectivity index (χ0v) is 15.3. The second-order valence-corrected chi connectivity index (χ2v) is 7.10. The standard InChI is InChI=1S/C19H31N3O2/c1-19(2,22-12-8-5-9-13-22)16-20-18(23)21(3)14-15-24-17-10-6-4-7-11-17/h4,6-7,10-11H,5,8-9,12-16H2,1-3H3,(H,20,23). The van der Waals surface area contributed by atoms with Gasteiger partial charge in [0.15, 0.2) is 0 Å². The van der Waals surface area contributed by atoms with Crippen LogP contribution in [0.4, 0.5) is 4.79 Å². The third-order valence-corrected chi connectivity index (χ3v) is 4.67. The van der Waals surface area contributed by atoms with Gasteiger partial charge in [-0.25, -0.2) is 4.79 Å². The number of benzene rings is 1. The molecule has 0 spiro atoms. The fraction of sp³-hybridized carbons (Fsp3) is 0.632. The number of hydrogen-bond acceptors (Lipinski definition) is 3. The largest absolute Gasteiger partial charge is 0.492 e. The van der Waals surface area contributed by atoms with E-state index >= 15 is 0 Å². The molecule has 0 unspecified atom stereocenters. The number of likely N-dealkylation sites (N-methyl/N-ethyl adjacent to an activating group) is 1. The molecular weight excluding hydrogens is 302 g/mol. The van der Waals surface area contributed by atoms with Crippen LogP contribution in [0.3, 0.4) is 0 Å². The Kier molecular flexibility index (Phi) is 6.91. The summed E-state index contributed by atoms with van der Waals surface area (Å²) in [5.41, 5.74) is -0.00252. The molecule has 0 bridgehead atoms. The van der Waals surface area contributed by atoms with Gasteiger partial charge in [0.05, 0.1) is 6.54 Å². The maximum absolute atomic E-state index is 12.3. The summed E-state index contributed by atoms with van der Waals surface area (Å²) in [5.74, 6) is 0.831. The molecule has 0 radical (unpaired) electrons. The Hall–Kier alpha value is -1.75. The first-order valence-corrected chi connectivity index (χ1v) is 8.91. The van der Waals surface area contributed by atoms with Crippen molar-refractivity contribution in [1.82, 2.24) is 15.1 Å². The van der Waals surface area contributed by atoms with Crippen LogP contribution in [0.15, 0.2) is 30.3 Å². The molecule has 24 heavy (non-hydrogen) atoms. The Morgan fingerprint density at radius 1 is 1.21 bits per heavy atom. The van der Waals surface area contributed by atoms with Crippen molar-refractivity contribution in [3.05, 3.63) is 30.3 Å². The van der Waals surface area contributed by atoms with Crippen LogP contribution in [0.25, 0.3) is 0 Å². The predicted molar refractivity (Wildman–Crippen MR) is 97.5 cm³/mol. The maximum atomic E-state index is 12.3. The van der Waals surface area contributed by atoms with Crippen molar-refractivity contribution in [3.8, 4) is 5.75 Å². The number of carbonyl (C=O) groups is 1. The fourth-order valence-corrected chi connectivity index (χ4v) is 2.96. The lowest BCUT2D eigenvalue weighted by Gasteiger charge is -2.41. The second-order valence-electron chi connectivity index (χ2n) is 7.10.